The minimum atomic E-state index is -0.772. The van der Waals surface area contributed by atoms with Crippen molar-refractivity contribution >= 4 is 23.7 Å². The third-order valence-electron chi connectivity index (χ3n) is 5.06. The summed E-state index contributed by atoms with van der Waals surface area (Å²) in [6.07, 6.45) is 17.1. The van der Waals surface area contributed by atoms with Gasteiger partial charge >= 0.3 is 0 Å². The average molecular weight is 423 g/mol. The van der Waals surface area contributed by atoms with Gasteiger partial charge in [0.25, 0.3) is 0 Å². The maximum atomic E-state index is 12.2. The Hall–Kier alpha value is -1.39. The number of carbonyl (C=O) groups excluding carboxylic acids is 1. The molecular formula is C24H39ClN2O2. The maximum Gasteiger partial charge on any atom is 0.247 e. The van der Waals surface area contributed by atoms with Gasteiger partial charge in [0.1, 0.15) is 0 Å². The van der Waals surface area contributed by atoms with Crippen LogP contribution in [0.15, 0.2) is 29.3 Å². The molecule has 0 aliphatic heterocycles. The molecule has 1 atom stereocenters. The molecule has 0 radical (unpaired) electrons. The molecule has 5 heteroatoms. The normalized spacial score (nSPS) is 12.4. The summed E-state index contributed by atoms with van der Waals surface area (Å²) in [5, 5.41) is 12.9. The number of aliphatic hydroxyl groups is 1. The van der Waals surface area contributed by atoms with Crippen LogP contribution in [0.3, 0.4) is 0 Å². The lowest BCUT2D eigenvalue weighted by atomic mass is 10.1. The lowest BCUT2D eigenvalue weighted by molar-refractivity contribution is -0.123. The van der Waals surface area contributed by atoms with Crippen LogP contribution in [-0.2, 0) is 4.79 Å². The molecule has 0 aromatic heterocycles. The van der Waals surface area contributed by atoms with Gasteiger partial charge in [-0.05, 0) is 24.1 Å². The molecule has 4 nitrogen and oxygen atoms in total. The third-order valence-corrected chi connectivity index (χ3v) is 5.29. The van der Waals surface area contributed by atoms with E-state index < -0.39 is 6.04 Å². The highest BCUT2D eigenvalue weighted by Crippen LogP contribution is 2.12. The van der Waals surface area contributed by atoms with E-state index in [1.165, 1.54) is 64.2 Å². The zero-order chi connectivity index (χ0) is 21.2. The molecule has 1 rings (SSSR count). The van der Waals surface area contributed by atoms with Crippen molar-refractivity contribution in [3.8, 4) is 0 Å². The van der Waals surface area contributed by atoms with Crippen LogP contribution in [0, 0.1) is 0 Å². The summed E-state index contributed by atoms with van der Waals surface area (Å²) in [6.45, 7) is 2.59. The van der Waals surface area contributed by atoms with Crippen LogP contribution in [0.4, 0.5) is 0 Å². The van der Waals surface area contributed by atoms with E-state index in [2.05, 4.69) is 17.2 Å². The topological polar surface area (TPSA) is 61.7 Å². The second kappa shape index (κ2) is 17.5. The Morgan fingerprint density at radius 3 is 2.17 bits per heavy atom. The molecule has 0 spiro atoms. The lowest BCUT2D eigenvalue weighted by Crippen LogP contribution is -2.36. The van der Waals surface area contributed by atoms with Crippen LogP contribution in [0.25, 0.3) is 0 Å². The monoisotopic (exact) mass is 422 g/mol. The zero-order valence-electron chi connectivity index (χ0n) is 18.0. The molecule has 0 heterocycles. The van der Waals surface area contributed by atoms with E-state index in [-0.39, 0.29) is 12.5 Å². The molecular weight excluding hydrogens is 384 g/mol. The number of hydrogen-bond donors (Lipinski definition) is 2. The Bertz CT molecular complexity index is 578. The summed E-state index contributed by atoms with van der Waals surface area (Å²) in [5.41, 5.74) is 0.810. The van der Waals surface area contributed by atoms with E-state index >= 15 is 0 Å². The Morgan fingerprint density at radius 1 is 1.03 bits per heavy atom. The van der Waals surface area contributed by atoms with Crippen molar-refractivity contribution in [2.24, 2.45) is 4.99 Å². The minimum Gasteiger partial charge on any atom is -0.394 e. The molecule has 1 aromatic rings. The van der Waals surface area contributed by atoms with Gasteiger partial charge in [0.05, 0.1) is 6.61 Å². The number of aliphatic imine (C=N–C) groups is 1. The summed E-state index contributed by atoms with van der Waals surface area (Å²) < 4.78 is 0. The molecule has 1 unspecified atom stereocenters. The number of hydrogen-bond acceptors (Lipinski definition) is 3. The Kier molecular flexibility index (Phi) is 15.4. The zero-order valence-corrected chi connectivity index (χ0v) is 18.8. The van der Waals surface area contributed by atoms with E-state index in [4.69, 9.17) is 11.6 Å². The predicted octanol–water partition coefficient (Wildman–Crippen LogP) is 5.94. The van der Waals surface area contributed by atoms with Gasteiger partial charge in [0.2, 0.25) is 5.91 Å². The molecule has 2 N–H and O–H groups in total. The lowest BCUT2D eigenvalue weighted by Gasteiger charge is -2.10. The van der Waals surface area contributed by atoms with Gasteiger partial charge in [0, 0.05) is 17.8 Å². The highest BCUT2D eigenvalue weighted by molar-refractivity contribution is 6.30. The van der Waals surface area contributed by atoms with E-state index in [1.54, 1.807) is 18.3 Å². The number of aliphatic hydroxyl groups excluding tert-OH is 1. The predicted molar refractivity (Wildman–Crippen MR) is 124 cm³/mol. The molecule has 0 aliphatic carbocycles. The third kappa shape index (κ3) is 13.5. The number of halogens is 1. The first-order chi connectivity index (χ1) is 14.2. The largest absolute Gasteiger partial charge is 0.394 e. The number of unbranched alkanes of at least 4 members (excludes halogenated alkanes) is 11. The van der Waals surface area contributed by atoms with Gasteiger partial charge in [-0.2, -0.15) is 0 Å². The number of carbonyl (C=O) groups is 1. The molecule has 164 valence electrons. The maximum absolute atomic E-state index is 12.2. The summed E-state index contributed by atoms with van der Waals surface area (Å²) in [7, 11) is 0. The Morgan fingerprint density at radius 2 is 1.62 bits per heavy atom. The number of rotatable bonds is 17. The summed E-state index contributed by atoms with van der Waals surface area (Å²) >= 11 is 5.93. The van der Waals surface area contributed by atoms with Crippen molar-refractivity contribution in [2.45, 2.75) is 90.0 Å². The molecule has 1 amide bonds. The van der Waals surface area contributed by atoms with Crippen molar-refractivity contribution in [1.82, 2.24) is 5.32 Å². The standard InChI is InChI=1S/C24H39ClN2O2/c1-2-3-4-5-6-7-8-9-10-11-12-13-17-26-24(29)23(20-28)27-19-21-15-14-16-22(25)18-21/h14-16,18-19,23,28H,2-13,17,20H2,1H3,(H,26,29). The molecule has 29 heavy (non-hydrogen) atoms. The highest BCUT2D eigenvalue weighted by atomic mass is 35.5. The Labute approximate surface area is 182 Å². The molecule has 1 aromatic carbocycles. The van der Waals surface area contributed by atoms with Crippen molar-refractivity contribution in [2.75, 3.05) is 13.2 Å². The van der Waals surface area contributed by atoms with Crippen molar-refractivity contribution < 1.29 is 9.90 Å². The average Bonchev–Trinajstić information content (AvgIpc) is 2.72. The highest BCUT2D eigenvalue weighted by Gasteiger charge is 2.14. The quantitative estimate of drug-likeness (QED) is 0.241. The van der Waals surface area contributed by atoms with Gasteiger partial charge in [-0.25, -0.2) is 0 Å². The first-order valence-electron chi connectivity index (χ1n) is 11.3. The second-order valence-electron chi connectivity index (χ2n) is 7.71. The van der Waals surface area contributed by atoms with Crippen LogP contribution in [-0.4, -0.2) is 36.4 Å². The second-order valence-corrected chi connectivity index (χ2v) is 8.15. The number of benzene rings is 1. The molecule has 0 bridgehead atoms. The molecule has 0 aliphatic rings. The number of nitrogens with one attached hydrogen (secondary N) is 1. The first-order valence-corrected chi connectivity index (χ1v) is 11.7. The summed E-state index contributed by atoms with van der Waals surface area (Å²) in [6, 6.07) is 6.46. The van der Waals surface area contributed by atoms with E-state index in [9.17, 15) is 9.90 Å². The first kappa shape index (κ1) is 25.6. The SMILES string of the molecule is CCCCCCCCCCCCCCNC(=O)C(CO)N=Cc1cccc(Cl)c1. The number of nitrogens with zero attached hydrogens (tertiary/aromatic N) is 1. The van der Waals surface area contributed by atoms with E-state index in [1.807, 2.05) is 12.1 Å². The van der Waals surface area contributed by atoms with E-state index in [0.29, 0.717) is 11.6 Å². The number of amides is 1. The van der Waals surface area contributed by atoms with Crippen LogP contribution >= 0.6 is 11.6 Å². The van der Waals surface area contributed by atoms with Crippen LogP contribution in [0.2, 0.25) is 5.02 Å². The van der Waals surface area contributed by atoms with Gasteiger partial charge in [0.15, 0.2) is 6.04 Å². The van der Waals surface area contributed by atoms with Gasteiger partial charge in [-0.15, -0.1) is 0 Å². The smallest absolute Gasteiger partial charge is 0.247 e. The van der Waals surface area contributed by atoms with E-state index in [0.717, 1.165) is 18.4 Å². The van der Waals surface area contributed by atoms with Gasteiger partial charge < -0.3 is 10.4 Å². The van der Waals surface area contributed by atoms with Crippen molar-refractivity contribution in [1.29, 1.82) is 0 Å². The summed E-state index contributed by atoms with van der Waals surface area (Å²) in [4.78, 5) is 16.3. The van der Waals surface area contributed by atoms with Gasteiger partial charge in [-0.1, -0.05) is 101 Å². The summed E-state index contributed by atoms with van der Waals surface area (Å²) in [5.74, 6) is -0.228. The minimum absolute atomic E-state index is 0.228. The van der Waals surface area contributed by atoms with Crippen LogP contribution in [0.1, 0.15) is 89.5 Å². The van der Waals surface area contributed by atoms with Crippen LogP contribution < -0.4 is 5.32 Å². The fourth-order valence-corrected chi connectivity index (χ4v) is 3.45. The van der Waals surface area contributed by atoms with Gasteiger partial charge in [-0.3, -0.25) is 9.79 Å². The molecule has 0 saturated heterocycles. The Balaban J connectivity index is 2.04. The fraction of sp³-hybridized carbons (Fsp3) is 0.667. The van der Waals surface area contributed by atoms with Crippen LogP contribution in [0.5, 0.6) is 0 Å². The fourth-order valence-electron chi connectivity index (χ4n) is 3.26. The molecule has 0 fully saturated rings. The van der Waals surface area contributed by atoms with Crippen molar-refractivity contribution in [3.05, 3.63) is 34.9 Å². The molecule has 0 saturated carbocycles. The van der Waals surface area contributed by atoms with Crippen molar-refractivity contribution in [3.63, 3.8) is 0 Å².